The number of ether oxygens (including phenoxy) is 2. The zero-order valence-corrected chi connectivity index (χ0v) is 40.1. The monoisotopic (exact) mass is 865 g/mol. The van der Waals surface area contributed by atoms with E-state index in [1.54, 1.807) is 0 Å². The average molecular weight is 865 g/mol. The standard InChI is InChI=1S/C50H90NO8P/c1-6-8-10-12-14-16-18-20-22-24-25-27-28-30-32-34-36-38-40-42-49(52)56-46-48(47-58-60(54,55)57-45-44-51(3,4)5)59-50(53)43-41-39-37-35-33-31-29-26-23-21-19-17-15-13-11-9-7-2/h15,17,21,23-25,29,31,35,37,48H,6-14,16,18-20,22,26-28,30,32-34,36,38-47H2,1-5H3/p+1/b17-15-,23-21-,25-24-,31-29-,37-35-/t48-/m1/s1. The topological polar surface area (TPSA) is 108 Å². The van der Waals surface area contributed by atoms with Gasteiger partial charge in [0.15, 0.2) is 6.10 Å². The average Bonchev–Trinajstić information content (AvgIpc) is 3.20. The fraction of sp³-hybridized carbons (Fsp3) is 0.760. The number of carbonyl (C=O) groups excluding carboxylic acids is 2. The van der Waals surface area contributed by atoms with Crippen LogP contribution in [0.5, 0.6) is 0 Å². The highest BCUT2D eigenvalue weighted by molar-refractivity contribution is 7.47. The van der Waals surface area contributed by atoms with Gasteiger partial charge in [-0.15, -0.1) is 0 Å². The van der Waals surface area contributed by atoms with Crippen LogP contribution in [0.25, 0.3) is 0 Å². The molecule has 0 rings (SSSR count). The largest absolute Gasteiger partial charge is 0.472 e. The summed E-state index contributed by atoms with van der Waals surface area (Å²) in [6, 6.07) is 0. The minimum absolute atomic E-state index is 0.0188. The van der Waals surface area contributed by atoms with Gasteiger partial charge in [0.2, 0.25) is 0 Å². The first-order valence-electron chi connectivity index (χ1n) is 24.0. The second-order valence-corrected chi connectivity index (χ2v) is 18.6. The lowest BCUT2D eigenvalue weighted by molar-refractivity contribution is -0.870. The molecule has 1 unspecified atom stereocenters. The molecule has 0 saturated carbocycles. The van der Waals surface area contributed by atoms with Gasteiger partial charge >= 0.3 is 19.8 Å². The lowest BCUT2D eigenvalue weighted by Gasteiger charge is -2.24. The summed E-state index contributed by atoms with van der Waals surface area (Å²) in [5.74, 6) is -0.870. The summed E-state index contributed by atoms with van der Waals surface area (Å²) in [6.45, 7) is 4.33. The predicted octanol–water partition coefficient (Wildman–Crippen LogP) is 14.0. The smallest absolute Gasteiger partial charge is 0.462 e. The molecule has 9 nitrogen and oxygen atoms in total. The molecule has 0 saturated heterocycles. The first-order chi connectivity index (χ1) is 29.0. The fourth-order valence-electron chi connectivity index (χ4n) is 6.24. The number of rotatable bonds is 43. The van der Waals surface area contributed by atoms with E-state index in [9.17, 15) is 19.0 Å². The third-order valence-corrected chi connectivity index (χ3v) is 11.0. The van der Waals surface area contributed by atoms with Gasteiger partial charge in [0, 0.05) is 12.8 Å². The molecule has 348 valence electrons. The van der Waals surface area contributed by atoms with Crippen LogP contribution in [0.1, 0.15) is 194 Å². The Morgan fingerprint density at radius 1 is 0.517 bits per heavy atom. The molecule has 0 heterocycles. The molecular formula is C50H91NO8P+. The molecule has 0 radical (unpaired) electrons. The maximum Gasteiger partial charge on any atom is 0.472 e. The number of hydrogen-bond acceptors (Lipinski definition) is 7. The minimum Gasteiger partial charge on any atom is -0.462 e. The van der Waals surface area contributed by atoms with Gasteiger partial charge in [-0.05, 0) is 77.0 Å². The summed E-state index contributed by atoms with van der Waals surface area (Å²) in [4.78, 5) is 35.4. The van der Waals surface area contributed by atoms with E-state index < -0.39 is 26.5 Å². The van der Waals surface area contributed by atoms with E-state index in [0.29, 0.717) is 23.9 Å². The van der Waals surface area contributed by atoms with E-state index in [2.05, 4.69) is 68.5 Å². The Labute approximate surface area is 368 Å². The maximum atomic E-state index is 12.7. The summed E-state index contributed by atoms with van der Waals surface area (Å²) in [7, 11) is 1.43. The number of quaternary nitrogens is 1. The number of phosphoric acid groups is 1. The highest BCUT2D eigenvalue weighted by Crippen LogP contribution is 2.43. The van der Waals surface area contributed by atoms with Crippen molar-refractivity contribution in [3.63, 3.8) is 0 Å². The van der Waals surface area contributed by atoms with Gasteiger partial charge in [-0.3, -0.25) is 18.6 Å². The van der Waals surface area contributed by atoms with Crippen molar-refractivity contribution in [2.24, 2.45) is 0 Å². The van der Waals surface area contributed by atoms with Crippen LogP contribution < -0.4 is 0 Å². The van der Waals surface area contributed by atoms with E-state index in [1.807, 2.05) is 27.2 Å². The third-order valence-electron chi connectivity index (χ3n) is 10.0. The molecule has 0 aliphatic carbocycles. The lowest BCUT2D eigenvalue weighted by Crippen LogP contribution is -2.37. The number of likely N-dealkylation sites (N-methyl/N-ethyl adjacent to an activating group) is 1. The van der Waals surface area contributed by atoms with Crippen molar-refractivity contribution in [3.05, 3.63) is 60.8 Å². The zero-order valence-electron chi connectivity index (χ0n) is 39.2. The van der Waals surface area contributed by atoms with Crippen molar-refractivity contribution < 1.29 is 42.1 Å². The van der Waals surface area contributed by atoms with Crippen molar-refractivity contribution in [2.75, 3.05) is 47.5 Å². The number of nitrogens with zero attached hydrogens (tertiary/aromatic N) is 1. The van der Waals surface area contributed by atoms with E-state index in [0.717, 1.165) is 51.4 Å². The van der Waals surface area contributed by atoms with Crippen LogP contribution in [-0.2, 0) is 32.7 Å². The van der Waals surface area contributed by atoms with E-state index in [1.165, 1.54) is 103 Å². The summed E-state index contributed by atoms with van der Waals surface area (Å²) < 4.78 is 34.3. The van der Waals surface area contributed by atoms with Crippen LogP contribution in [0.4, 0.5) is 0 Å². The van der Waals surface area contributed by atoms with Crippen molar-refractivity contribution in [1.82, 2.24) is 0 Å². The summed E-state index contributed by atoms with van der Waals surface area (Å²) in [5.41, 5.74) is 0. The predicted molar refractivity (Wildman–Crippen MR) is 252 cm³/mol. The van der Waals surface area contributed by atoms with Gasteiger partial charge in [-0.25, -0.2) is 4.57 Å². The second kappa shape index (κ2) is 42.0. The van der Waals surface area contributed by atoms with Crippen molar-refractivity contribution in [1.29, 1.82) is 0 Å². The molecular weight excluding hydrogens is 774 g/mol. The Bertz CT molecular complexity index is 1210. The molecule has 0 spiro atoms. The molecule has 0 aliphatic rings. The molecule has 2 atom stereocenters. The Morgan fingerprint density at radius 3 is 1.43 bits per heavy atom. The van der Waals surface area contributed by atoms with Crippen LogP contribution >= 0.6 is 7.82 Å². The van der Waals surface area contributed by atoms with Crippen molar-refractivity contribution in [2.45, 2.75) is 200 Å². The molecule has 10 heteroatoms. The summed E-state index contributed by atoms with van der Waals surface area (Å²) in [5, 5.41) is 0. The van der Waals surface area contributed by atoms with Crippen molar-refractivity contribution >= 4 is 19.8 Å². The first kappa shape index (κ1) is 57.7. The fourth-order valence-corrected chi connectivity index (χ4v) is 6.98. The highest BCUT2D eigenvalue weighted by Gasteiger charge is 2.27. The van der Waals surface area contributed by atoms with Crippen LogP contribution in [0.15, 0.2) is 60.8 Å². The van der Waals surface area contributed by atoms with Gasteiger partial charge in [0.25, 0.3) is 0 Å². The normalized spacial score (nSPS) is 14.0. The molecule has 0 aromatic heterocycles. The number of phosphoric ester groups is 1. The van der Waals surface area contributed by atoms with Crippen LogP contribution in [0, 0.1) is 0 Å². The number of hydrogen-bond donors (Lipinski definition) is 1. The Hall–Kier alpha value is -2.29. The van der Waals surface area contributed by atoms with Crippen LogP contribution in [-0.4, -0.2) is 74.9 Å². The molecule has 0 aliphatic heterocycles. The van der Waals surface area contributed by atoms with Gasteiger partial charge in [0.05, 0.1) is 27.7 Å². The highest BCUT2D eigenvalue weighted by atomic mass is 31.2. The first-order valence-corrected chi connectivity index (χ1v) is 25.5. The molecule has 1 N–H and O–H groups in total. The molecule has 0 aromatic carbocycles. The quantitative estimate of drug-likeness (QED) is 0.0212. The Kier molecular flexibility index (Phi) is 40.4. The Morgan fingerprint density at radius 2 is 0.917 bits per heavy atom. The van der Waals surface area contributed by atoms with Crippen LogP contribution in [0.3, 0.4) is 0 Å². The van der Waals surface area contributed by atoms with Crippen molar-refractivity contribution in [3.8, 4) is 0 Å². The molecule has 0 aromatic rings. The molecule has 0 amide bonds. The Balaban J connectivity index is 4.39. The van der Waals surface area contributed by atoms with Crippen LogP contribution in [0.2, 0.25) is 0 Å². The molecule has 0 bridgehead atoms. The minimum atomic E-state index is -4.40. The second-order valence-electron chi connectivity index (χ2n) is 17.1. The van der Waals surface area contributed by atoms with Gasteiger partial charge < -0.3 is 18.9 Å². The SMILES string of the molecule is CCCCC/C=C\C/C=C\C/C=C\C/C=C\CCCC(=O)O[C@H](COC(=O)CCCCCCCCC/C=C\CCCCCCCCCC)COP(=O)(O)OCC[N+](C)(C)C. The van der Waals surface area contributed by atoms with E-state index in [-0.39, 0.29) is 32.0 Å². The summed E-state index contributed by atoms with van der Waals surface area (Å²) >= 11 is 0. The van der Waals surface area contributed by atoms with Gasteiger partial charge in [0.1, 0.15) is 19.8 Å². The van der Waals surface area contributed by atoms with Gasteiger partial charge in [-0.2, -0.15) is 0 Å². The summed E-state index contributed by atoms with van der Waals surface area (Å²) in [6.07, 6.45) is 51.3. The lowest BCUT2D eigenvalue weighted by atomic mass is 10.1. The third kappa shape index (κ3) is 45.2. The number of unbranched alkanes of at least 4 members (excludes halogenated alkanes) is 19. The number of esters is 2. The zero-order chi connectivity index (χ0) is 44.3. The maximum absolute atomic E-state index is 12.7. The van der Waals surface area contributed by atoms with E-state index >= 15 is 0 Å². The number of allylic oxidation sites excluding steroid dienone is 10. The van der Waals surface area contributed by atoms with Gasteiger partial charge in [-0.1, -0.05) is 164 Å². The number of carbonyl (C=O) groups is 2. The molecule has 60 heavy (non-hydrogen) atoms. The molecule has 0 fully saturated rings. The van der Waals surface area contributed by atoms with E-state index in [4.69, 9.17) is 18.5 Å².